The Morgan fingerprint density at radius 3 is 3.05 bits per heavy atom. The number of rotatable bonds is 5. The standard InChI is InChI=1S/C15H22N2O2/c1-19-10-12(9-16)17-15(18)14-8-4-6-11-5-2-3-7-13(11)14/h2-3,5,7,12,14H,4,6,8-10,16H2,1H3,(H,17,18). The van der Waals surface area contributed by atoms with Crippen molar-refractivity contribution >= 4 is 5.91 Å². The molecule has 104 valence electrons. The lowest BCUT2D eigenvalue weighted by molar-refractivity contribution is -0.123. The van der Waals surface area contributed by atoms with Gasteiger partial charge in [-0.15, -0.1) is 0 Å². The van der Waals surface area contributed by atoms with Crippen molar-refractivity contribution in [3.8, 4) is 0 Å². The number of methoxy groups -OCH3 is 1. The van der Waals surface area contributed by atoms with Crippen LogP contribution in [0.5, 0.6) is 0 Å². The van der Waals surface area contributed by atoms with Crippen molar-refractivity contribution in [3.63, 3.8) is 0 Å². The lowest BCUT2D eigenvalue weighted by Crippen LogP contribution is -2.45. The average Bonchev–Trinajstić information content (AvgIpc) is 2.46. The third-order valence-corrected chi connectivity index (χ3v) is 3.68. The number of aryl methyl sites for hydroxylation is 1. The molecule has 19 heavy (non-hydrogen) atoms. The molecule has 0 heterocycles. The Hall–Kier alpha value is -1.39. The highest BCUT2D eigenvalue weighted by Crippen LogP contribution is 2.31. The second-order valence-electron chi connectivity index (χ2n) is 5.04. The van der Waals surface area contributed by atoms with Gasteiger partial charge in [0.1, 0.15) is 0 Å². The zero-order valence-corrected chi connectivity index (χ0v) is 11.4. The van der Waals surface area contributed by atoms with E-state index in [1.807, 2.05) is 12.1 Å². The minimum absolute atomic E-state index is 0.0455. The number of fused-ring (bicyclic) bond motifs is 1. The number of amides is 1. The predicted octanol–water partition coefficient (Wildman–Crippen LogP) is 1.20. The third kappa shape index (κ3) is 3.33. The van der Waals surface area contributed by atoms with Gasteiger partial charge in [0.2, 0.25) is 5.91 Å². The van der Waals surface area contributed by atoms with E-state index in [0.717, 1.165) is 19.3 Å². The highest BCUT2D eigenvalue weighted by atomic mass is 16.5. The quantitative estimate of drug-likeness (QED) is 0.838. The molecule has 2 atom stereocenters. The summed E-state index contributed by atoms with van der Waals surface area (Å²) in [5.74, 6) is 0.0236. The van der Waals surface area contributed by atoms with E-state index in [-0.39, 0.29) is 17.9 Å². The van der Waals surface area contributed by atoms with Gasteiger partial charge in [-0.2, -0.15) is 0 Å². The third-order valence-electron chi connectivity index (χ3n) is 3.68. The van der Waals surface area contributed by atoms with Crippen molar-refractivity contribution in [2.45, 2.75) is 31.2 Å². The molecule has 0 saturated heterocycles. The van der Waals surface area contributed by atoms with Gasteiger partial charge in [0.25, 0.3) is 0 Å². The Morgan fingerprint density at radius 2 is 2.32 bits per heavy atom. The summed E-state index contributed by atoms with van der Waals surface area (Å²) in [7, 11) is 1.62. The van der Waals surface area contributed by atoms with Crippen LogP contribution in [-0.2, 0) is 16.0 Å². The van der Waals surface area contributed by atoms with E-state index in [0.29, 0.717) is 13.2 Å². The summed E-state index contributed by atoms with van der Waals surface area (Å²) in [4.78, 5) is 12.4. The van der Waals surface area contributed by atoms with Crippen LogP contribution < -0.4 is 11.1 Å². The van der Waals surface area contributed by atoms with Crippen LogP contribution in [0.25, 0.3) is 0 Å². The average molecular weight is 262 g/mol. The molecule has 0 radical (unpaired) electrons. The van der Waals surface area contributed by atoms with E-state index in [1.165, 1.54) is 11.1 Å². The highest BCUT2D eigenvalue weighted by Gasteiger charge is 2.27. The van der Waals surface area contributed by atoms with Crippen LogP contribution in [0.2, 0.25) is 0 Å². The molecular weight excluding hydrogens is 240 g/mol. The van der Waals surface area contributed by atoms with Crippen molar-refractivity contribution in [2.75, 3.05) is 20.3 Å². The fraction of sp³-hybridized carbons (Fsp3) is 0.533. The number of benzene rings is 1. The number of nitrogens with two attached hydrogens (primary N) is 1. The number of carbonyl (C=O) groups is 1. The van der Waals surface area contributed by atoms with Gasteiger partial charge in [-0.1, -0.05) is 24.3 Å². The van der Waals surface area contributed by atoms with Gasteiger partial charge in [0, 0.05) is 13.7 Å². The minimum atomic E-state index is -0.105. The number of hydrogen-bond donors (Lipinski definition) is 2. The molecule has 1 amide bonds. The number of hydrogen-bond acceptors (Lipinski definition) is 3. The fourth-order valence-corrected chi connectivity index (χ4v) is 2.70. The van der Waals surface area contributed by atoms with Crippen LogP contribution >= 0.6 is 0 Å². The van der Waals surface area contributed by atoms with Crippen molar-refractivity contribution in [3.05, 3.63) is 35.4 Å². The summed E-state index contributed by atoms with van der Waals surface area (Å²) in [6, 6.07) is 8.11. The van der Waals surface area contributed by atoms with Gasteiger partial charge in [-0.3, -0.25) is 4.79 Å². The predicted molar refractivity (Wildman–Crippen MR) is 75.0 cm³/mol. The van der Waals surface area contributed by atoms with Crippen molar-refractivity contribution in [1.82, 2.24) is 5.32 Å². The summed E-state index contributed by atoms with van der Waals surface area (Å²) >= 11 is 0. The molecule has 1 aliphatic carbocycles. The van der Waals surface area contributed by atoms with E-state index < -0.39 is 0 Å². The molecule has 3 N–H and O–H groups in total. The zero-order chi connectivity index (χ0) is 13.7. The lowest BCUT2D eigenvalue weighted by Gasteiger charge is -2.26. The maximum Gasteiger partial charge on any atom is 0.227 e. The molecule has 2 rings (SSSR count). The first-order chi connectivity index (χ1) is 9.26. The van der Waals surface area contributed by atoms with E-state index >= 15 is 0 Å². The first kappa shape index (κ1) is 14.0. The molecule has 0 aromatic heterocycles. The minimum Gasteiger partial charge on any atom is -0.383 e. The van der Waals surface area contributed by atoms with Gasteiger partial charge < -0.3 is 15.8 Å². The summed E-state index contributed by atoms with van der Waals surface area (Å²) in [6.07, 6.45) is 3.04. The molecular formula is C15H22N2O2. The van der Waals surface area contributed by atoms with Crippen LogP contribution in [0.15, 0.2) is 24.3 Å². The molecule has 1 aliphatic rings. The maximum absolute atomic E-state index is 12.4. The van der Waals surface area contributed by atoms with Gasteiger partial charge >= 0.3 is 0 Å². The van der Waals surface area contributed by atoms with Crippen molar-refractivity contribution in [1.29, 1.82) is 0 Å². The summed E-state index contributed by atoms with van der Waals surface area (Å²) in [5, 5.41) is 2.99. The molecule has 0 fully saturated rings. The summed E-state index contributed by atoms with van der Waals surface area (Å²) in [6.45, 7) is 0.852. The molecule has 1 aromatic carbocycles. The topological polar surface area (TPSA) is 64.3 Å². The van der Waals surface area contributed by atoms with Crippen molar-refractivity contribution in [2.24, 2.45) is 5.73 Å². The second kappa shape index (κ2) is 6.68. The monoisotopic (exact) mass is 262 g/mol. The first-order valence-corrected chi connectivity index (χ1v) is 6.83. The van der Waals surface area contributed by atoms with Crippen LogP contribution in [-0.4, -0.2) is 32.2 Å². The Kier molecular flexibility index (Phi) is 4.93. The largest absolute Gasteiger partial charge is 0.383 e. The lowest BCUT2D eigenvalue weighted by atomic mass is 9.82. The van der Waals surface area contributed by atoms with E-state index in [1.54, 1.807) is 7.11 Å². The number of carbonyl (C=O) groups excluding carboxylic acids is 1. The molecule has 0 spiro atoms. The zero-order valence-electron chi connectivity index (χ0n) is 11.4. The first-order valence-electron chi connectivity index (χ1n) is 6.83. The van der Waals surface area contributed by atoms with Gasteiger partial charge in [0.15, 0.2) is 0 Å². The molecule has 2 unspecified atom stereocenters. The van der Waals surface area contributed by atoms with Gasteiger partial charge in [0.05, 0.1) is 18.6 Å². The van der Waals surface area contributed by atoms with Crippen LogP contribution in [0, 0.1) is 0 Å². The Bertz CT molecular complexity index is 434. The van der Waals surface area contributed by atoms with Crippen LogP contribution in [0.4, 0.5) is 0 Å². The second-order valence-corrected chi connectivity index (χ2v) is 5.04. The highest BCUT2D eigenvalue weighted by molar-refractivity contribution is 5.84. The van der Waals surface area contributed by atoms with E-state index in [4.69, 9.17) is 10.5 Å². The SMILES string of the molecule is COCC(CN)NC(=O)C1CCCc2ccccc21. The molecule has 0 bridgehead atoms. The van der Waals surface area contributed by atoms with E-state index in [9.17, 15) is 4.79 Å². The molecule has 0 aliphatic heterocycles. The van der Waals surface area contributed by atoms with E-state index in [2.05, 4.69) is 17.4 Å². The van der Waals surface area contributed by atoms with Gasteiger partial charge in [-0.25, -0.2) is 0 Å². The smallest absolute Gasteiger partial charge is 0.227 e. The van der Waals surface area contributed by atoms with Crippen LogP contribution in [0.1, 0.15) is 29.9 Å². The van der Waals surface area contributed by atoms with Crippen molar-refractivity contribution < 1.29 is 9.53 Å². The Labute approximate surface area is 114 Å². The molecule has 4 heteroatoms. The summed E-state index contributed by atoms with van der Waals surface area (Å²) in [5.41, 5.74) is 8.10. The number of nitrogens with one attached hydrogen (secondary N) is 1. The van der Waals surface area contributed by atoms with Gasteiger partial charge in [-0.05, 0) is 30.4 Å². The maximum atomic E-state index is 12.4. The Balaban J connectivity index is 2.08. The number of ether oxygens (including phenoxy) is 1. The molecule has 1 aromatic rings. The Morgan fingerprint density at radius 1 is 1.53 bits per heavy atom. The molecule has 4 nitrogen and oxygen atoms in total. The summed E-state index contributed by atoms with van der Waals surface area (Å²) < 4.78 is 5.06. The fourth-order valence-electron chi connectivity index (χ4n) is 2.70. The van der Waals surface area contributed by atoms with Crippen LogP contribution in [0.3, 0.4) is 0 Å². The molecule has 0 saturated carbocycles. The normalized spacial score (nSPS) is 19.6.